The third-order valence-corrected chi connectivity index (χ3v) is 5.14. The molecule has 0 aliphatic carbocycles. The molecule has 0 aliphatic rings. The maximum absolute atomic E-state index is 6.11. The van der Waals surface area contributed by atoms with Crippen molar-refractivity contribution in [2.45, 2.75) is 33.2 Å². The normalized spacial score (nSPS) is 11.9. The van der Waals surface area contributed by atoms with E-state index in [1.54, 1.807) is 0 Å². The fourth-order valence-corrected chi connectivity index (χ4v) is 3.20. The average Bonchev–Trinajstić information content (AvgIpc) is 2.49. The van der Waals surface area contributed by atoms with Crippen molar-refractivity contribution >= 4 is 50.5 Å². The van der Waals surface area contributed by atoms with Crippen LogP contribution < -0.4 is 10.6 Å². The molecule has 0 spiro atoms. The van der Waals surface area contributed by atoms with Gasteiger partial charge in [0.05, 0.1) is 11.1 Å². The van der Waals surface area contributed by atoms with Gasteiger partial charge in [-0.25, -0.2) is 0 Å². The molecule has 23 heavy (non-hydrogen) atoms. The molecule has 0 saturated carbocycles. The summed E-state index contributed by atoms with van der Waals surface area (Å²) in [6.45, 7) is 6.39. The first kappa shape index (κ1) is 18.2. The molecule has 0 radical (unpaired) electrons. The Morgan fingerprint density at radius 2 is 1.96 bits per heavy atom. The highest BCUT2D eigenvalue weighted by Gasteiger charge is 2.13. The molecule has 1 atom stereocenters. The van der Waals surface area contributed by atoms with Gasteiger partial charge in [-0.05, 0) is 77.7 Å². The first-order valence-electron chi connectivity index (χ1n) is 7.50. The van der Waals surface area contributed by atoms with Crippen LogP contribution in [0.15, 0.2) is 40.9 Å². The highest BCUT2D eigenvalue weighted by atomic mass is 79.9. The van der Waals surface area contributed by atoms with E-state index in [2.05, 4.69) is 65.5 Å². The summed E-state index contributed by atoms with van der Waals surface area (Å²) in [5.41, 5.74) is 4.69. The van der Waals surface area contributed by atoms with E-state index in [9.17, 15) is 0 Å². The monoisotopic (exact) mass is 410 g/mol. The van der Waals surface area contributed by atoms with Crippen molar-refractivity contribution in [1.29, 1.82) is 0 Å². The third-order valence-electron chi connectivity index (χ3n) is 3.69. The third kappa shape index (κ3) is 4.93. The highest BCUT2D eigenvalue weighted by Crippen LogP contribution is 2.26. The second kappa shape index (κ2) is 8.13. The van der Waals surface area contributed by atoms with Crippen molar-refractivity contribution < 1.29 is 0 Å². The molecule has 122 valence electrons. The van der Waals surface area contributed by atoms with Crippen molar-refractivity contribution in [1.82, 2.24) is 5.32 Å². The van der Waals surface area contributed by atoms with Crippen molar-refractivity contribution in [2.75, 3.05) is 5.32 Å². The molecule has 2 aromatic rings. The van der Waals surface area contributed by atoms with Crippen LogP contribution in [0, 0.1) is 13.8 Å². The zero-order valence-corrected chi connectivity index (χ0v) is 16.6. The molecule has 0 aromatic heterocycles. The van der Waals surface area contributed by atoms with Crippen LogP contribution in [-0.2, 0) is 0 Å². The lowest BCUT2D eigenvalue weighted by atomic mass is 9.98. The summed E-state index contributed by atoms with van der Waals surface area (Å²) in [5.74, 6) is 0. The number of thiocarbonyl (C=S) groups is 1. The van der Waals surface area contributed by atoms with Crippen LogP contribution in [0.25, 0.3) is 0 Å². The Morgan fingerprint density at radius 3 is 2.57 bits per heavy atom. The summed E-state index contributed by atoms with van der Waals surface area (Å²) in [5, 5.41) is 7.83. The van der Waals surface area contributed by atoms with E-state index in [4.69, 9.17) is 23.8 Å². The van der Waals surface area contributed by atoms with Crippen LogP contribution in [-0.4, -0.2) is 5.11 Å². The Morgan fingerprint density at radius 1 is 1.22 bits per heavy atom. The highest BCUT2D eigenvalue weighted by molar-refractivity contribution is 9.10. The molecule has 2 nitrogen and oxygen atoms in total. The van der Waals surface area contributed by atoms with E-state index in [1.807, 2.05) is 18.2 Å². The van der Waals surface area contributed by atoms with Gasteiger partial charge in [0.15, 0.2) is 5.11 Å². The van der Waals surface area contributed by atoms with Crippen LogP contribution in [0.1, 0.15) is 36.1 Å². The number of benzene rings is 2. The first-order chi connectivity index (χ1) is 10.9. The number of anilines is 1. The summed E-state index contributed by atoms with van der Waals surface area (Å²) in [4.78, 5) is 0. The molecular formula is C18H20BrClN2S. The molecule has 0 heterocycles. The van der Waals surface area contributed by atoms with Crippen LogP contribution in [0.5, 0.6) is 0 Å². The number of hydrogen-bond acceptors (Lipinski definition) is 1. The molecule has 0 unspecified atom stereocenters. The molecule has 5 heteroatoms. The lowest BCUT2D eigenvalue weighted by Crippen LogP contribution is -2.32. The van der Waals surface area contributed by atoms with Gasteiger partial charge < -0.3 is 10.6 Å². The van der Waals surface area contributed by atoms with Crippen molar-refractivity contribution in [2.24, 2.45) is 0 Å². The largest absolute Gasteiger partial charge is 0.356 e. The van der Waals surface area contributed by atoms with Crippen LogP contribution in [0.2, 0.25) is 5.02 Å². The van der Waals surface area contributed by atoms with Gasteiger partial charge in [0, 0.05) is 10.2 Å². The SMILES string of the molecule is CC[C@@H](NC(=S)Nc1ccc(Br)c(Cl)c1)c1ccc(C)cc1C. The maximum atomic E-state index is 6.11. The molecule has 0 aliphatic heterocycles. The summed E-state index contributed by atoms with van der Waals surface area (Å²) in [7, 11) is 0. The van der Waals surface area contributed by atoms with Gasteiger partial charge in [0.2, 0.25) is 0 Å². The Bertz CT molecular complexity index is 718. The summed E-state index contributed by atoms with van der Waals surface area (Å²) < 4.78 is 0.866. The Hall–Kier alpha value is -1.10. The minimum atomic E-state index is 0.182. The molecule has 0 amide bonds. The summed E-state index contributed by atoms with van der Waals surface area (Å²) in [6, 6.07) is 12.4. The minimum absolute atomic E-state index is 0.182. The van der Waals surface area contributed by atoms with Crippen molar-refractivity contribution in [3.8, 4) is 0 Å². The van der Waals surface area contributed by atoms with Crippen LogP contribution in [0.3, 0.4) is 0 Å². The quantitative estimate of drug-likeness (QED) is 0.589. The second-order valence-corrected chi connectivity index (χ2v) is 7.22. The van der Waals surface area contributed by atoms with Gasteiger partial charge in [0.1, 0.15) is 0 Å². The number of nitrogens with one attached hydrogen (secondary N) is 2. The van der Waals surface area contributed by atoms with Crippen molar-refractivity contribution in [3.05, 3.63) is 62.6 Å². The first-order valence-corrected chi connectivity index (χ1v) is 9.08. The second-order valence-electron chi connectivity index (χ2n) is 5.55. The minimum Gasteiger partial charge on any atom is -0.356 e. The van der Waals surface area contributed by atoms with Gasteiger partial charge in [-0.3, -0.25) is 0 Å². The van der Waals surface area contributed by atoms with E-state index >= 15 is 0 Å². The molecule has 2 rings (SSSR count). The van der Waals surface area contributed by atoms with E-state index in [1.165, 1.54) is 16.7 Å². The van der Waals surface area contributed by atoms with Gasteiger partial charge in [-0.15, -0.1) is 0 Å². The molecule has 2 aromatic carbocycles. The molecule has 0 bridgehead atoms. The Balaban J connectivity index is 2.08. The van der Waals surface area contributed by atoms with Gasteiger partial charge in [-0.1, -0.05) is 42.3 Å². The zero-order chi connectivity index (χ0) is 17.0. The summed E-state index contributed by atoms with van der Waals surface area (Å²) in [6.07, 6.45) is 0.951. The maximum Gasteiger partial charge on any atom is 0.171 e. The molecule has 0 saturated heterocycles. The predicted molar refractivity (Wildman–Crippen MR) is 107 cm³/mol. The van der Waals surface area contributed by atoms with Crippen LogP contribution in [0.4, 0.5) is 5.69 Å². The molecular weight excluding hydrogens is 392 g/mol. The Labute approximate surface area is 156 Å². The van der Waals surface area contributed by atoms with E-state index < -0.39 is 0 Å². The van der Waals surface area contributed by atoms with E-state index in [0.29, 0.717) is 10.1 Å². The number of aryl methyl sites for hydroxylation is 2. The number of rotatable bonds is 4. The van der Waals surface area contributed by atoms with E-state index in [-0.39, 0.29) is 6.04 Å². The molecule has 2 N–H and O–H groups in total. The number of halogens is 2. The lowest BCUT2D eigenvalue weighted by Gasteiger charge is -2.22. The topological polar surface area (TPSA) is 24.1 Å². The average molecular weight is 412 g/mol. The fraction of sp³-hybridized carbons (Fsp3) is 0.278. The number of hydrogen-bond donors (Lipinski definition) is 2. The lowest BCUT2D eigenvalue weighted by molar-refractivity contribution is 0.625. The predicted octanol–water partition coefficient (Wildman–Crippen LogP) is 6.16. The zero-order valence-electron chi connectivity index (χ0n) is 13.4. The van der Waals surface area contributed by atoms with Crippen LogP contribution >= 0.6 is 39.7 Å². The summed E-state index contributed by atoms with van der Waals surface area (Å²) >= 11 is 14.9. The Kier molecular flexibility index (Phi) is 6.45. The van der Waals surface area contributed by atoms with Gasteiger partial charge in [-0.2, -0.15) is 0 Å². The van der Waals surface area contributed by atoms with Gasteiger partial charge in [0.25, 0.3) is 0 Å². The van der Waals surface area contributed by atoms with E-state index in [0.717, 1.165) is 16.6 Å². The fourth-order valence-electron chi connectivity index (χ4n) is 2.52. The molecule has 0 fully saturated rings. The smallest absolute Gasteiger partial charge is 0.171 e. The van der Waals surface area contributed by atoms with Crippen molar-refractivity contribution in [3.63, 3.8) is 0 Å². The standard InChI is InChI=1S/C18H20BrClN2S/c1-4-17(14-7-5-11(2)9-12(14)3)22-18(23)21-13-6-8-15(19)16(20)10-13/h5-10,17H,4H2,1-3H3,(H2,21,22,23)/t17-/m1/s1. The van der Waals surface area contributed by atoms with Gasteiger partial charge >= 0.3 is 0 Å².